The number of amides is 1. The van der Waals surface area contributed by atoms with E-state index < -0.39 is 6.09 Å². The number of carbonyl (C=O) groups is 1. The van der Waals surface area contributed by atoms with Gasteiger partial charge in [0.05, 0.1) is 6.54 Å². The van der Waals surface area contributed by atoms with Crippen LogP contribution in [0.25, 0.3) is 0 Å². The highest BCUT2D eigenvalue weighted by molar-refractivity contribution is 5.65. The van der Waals surface area contributed by atoms with Crippen LogP contribution in [-0.4, -0.2) is 35.3 Å². The molecule has 1 aromatic carbocycles. The number of hydrogen-bond donors (Lipinski definition) is 1. The Hall–Kier alpha value is -1.55. The van der Waals surface area contributed by atoms with Gasteiger partial charge in [0, 0.05) is 13.0 Å². The Kier molecular flexibility index (Phi) is 1.94. The minimum Gasteiger partial charge on any atom is -0.465 e. The highest BCUT2D eigenvalue weighted by Crippen LogP contribution is 2.51. The number of hydrogen-bond acceptors (Lipinski definition) is 2. The molecule has 2 unspecified atom stereocenters. The largest absolute Gasteiger partial charge is 0.465 e. The first kappa shape index (κ1) is 9.66. The molecule has 16 heavy (non-hydrogen) atoms. The maximum atomic E-state index is 10.8. The summed E-state index contributed by atoms with van der Waals surface area (Å²) in [6.45, 7) is 1.05. The van der Waals surface area contributed by atoms with Crippen molar-refractivity contribution in [3.63, 3.8) is 0 Å². The summed E-state index contributed by atoms with van der Waals surface area (Å²) >= 11 is 0. The Morgan fingerprint density at radius 1 is 1.44 bits per heavy atom. The lowest BCUT2D eigenvalue weighted by atomic mass is 9.89. The number of nitrogens with zero attached hydrogens (tertiary/aromatic N) is 1. The van der Waals surface area contributed by atoms with Crippen molar-refractivity contribution in [1.82, 2.24) is 4.90 Å². The summed E-state index contributed by atoms with van der Waals surface area (Å²) in [5.41, 5.74) is 0.970. The molecule has 4 nitrogen and oxygen atoms in total. The molecule has 1 N–H and O–H groups in total. The Labute approximate surface area is 93.4 Å². The van der Waals surface area contributed by atoms with Gasteiger partial charge >= 0.3 is 6.09 Å². The Bertz CT molecular complexity index is 420. The van der Waals surface area contributed by atoms with Gasteiger partial charge in [0.2, 0.25) is 0 Å². The van der Waals surface area contributed by atoms with Crippen molar-refractivity contribution in [2.75, 3.05) is 13.1 Å². The van der Waals surface area contributed by atoms with Gasteiger partial charge in [-0.2, -0.15) is 0 Å². The van der Waals surface area contributed by atoms with Gasteiger partial charge in [-0.25, -0.2) is 4.79 Å². The Morgan fingerprint density at radius 2 is 2.19 bits per heavy atom. The lowest BCUT2D eigenvalue weighted by molar-refractivity contribution is 0.136. The molecule has 2 aliphatic heterocycles. The van der Waals surface area contributed by atoms with Gasteiger partial charge in [-0.3, -0.25) is 0 Å². The minimum atomic E-state index is -0.850. The summed E-state index contributed by atoms with van der Waals surface area (Å²) in [6, 6.07) is 10.1. The zero-order chi connectivity index (χ0) is 11.2. The van der Waals surface area contributed by atoms with E-state index in [1.165, 1.54) is 10.5 Å². The van der Waals surface area contributed by atoms with Crippen molar-refractivity contribution in [3.8, 4) is 0 Å². The highest BCUT2D eigenvalue weighted by Gasteiger charge is 2.60. The molecule has 2 atom stereocenters. The van der Waals surface area contributed by atoms with Crippen LogP contribution in [0.2, 0.25) is 0 Å². The standard InChI is InChI=1S/C12H13NO3/c14-11(15)13-7-6-12(10(8-13)16-12)9-4-2-1-3-5-9/h1-5,10H,6-8H2,(H,14,15). The zero-order valence-electron chi connectivity index (χ0n) is 8.80. The van der Waals surface area contributed by atoms with E-state index in [9.17, 15) is 4.79 Å². The normalized spacial score (nSPS) is 32.0. The molecule has 84 valence electrons. The number of ether oxygens (including phenoxy) is 1. The van der Waals surface area contributed by atoms with E-state index in [1.807, 2.05) is 18.2 Å². The van der Waals surface area contributed by atoms with Crippen LogP contribution in [0.4, 0.5) is 4.79 Å². The molecule has 3 rings (SSSR count). The fraction of sp³-hybridized carbons (Fsp3) is 0.417. The predicted octanol–water partition coefficient (Wildman–Crippen LogP) is 1.66. The van der Waals surface area contributed by atoms with Crippen molar-refractivity contribution >= 4 is 6.09 Å². The fourth-order valence-corrected chi connectivity index (χ4v) is 2.51. The number of carboxylic acid groups (broad SMARTS) is 1. The van der Waals surface area contributed by atoms with E-state index in [-0.39, 0.29) is 11.7 Å². The molecule has 0 radical (unpaired) electrons. The Morgan fingerprint density at radius 3 is 2.81 bits per heavy atom. The van der Waals surface area contributed by atoms with Crippen LogP contribution in [0.1, 0.15) is 12.0 Å². The second kappa shape index (κ2) is 3.22. The van der Waals surface area contributed by atoms with Crippen LogP contribution in [0.3, 0.4) is 0 Å². The molecule has 2 fully saturated rings. The van der Waals surface area contributed by atoms with Crippen molar-refractivity contribution < 1.29 is 14.6 Å². The van der Waals surface area contributed by atoms with Gasteiger partial charge in [-0.05, 0) is 5.56 Å². The number of rotatable bonds is 1. The number of epoxide rings is 1. The molecule has 2 heterocycles. The molecule has 2 saturated heterocycles. The molecular weight excluding hydrogens is 206 g/mol. The van der Waals surface area contributed by atoms with Crippen LogP contribution >= 0.6 is 0 Å². The first-order valence-electron chi connectivity index (χ1n) is 5.43. The molecule has 0 aromatic heterocycles. The average molecular weight is 219 g/mol. The third kappa shape index (κ3) is 1.30. The monoisotopic (exact) mass is 219 g/mol. The van der Waals surface area contributed by atoms with E-state index in [4.69, 9.17) is 9.84 Å². The third-order valence-electron chi connectivity index (χ3n) is 3.49. The third-order valence-corrected chi connectivity index (χ3v) is 3.49. The summed E-state index contributed by atoms with van der Waals surface area (Å²) in [6.07, 6.45) is -0.0505. The fourth-order valence-electron chi connectivity index (χ4n) is 2.51. The van der Waals surface area contributed by atoms with Gasteiger partial charge < -0.3 is 14.7 Å². The molecule has 4 heteroatoms. The molecular formula is C12H13NO3. The highest BCUT2D eigenvalue weighted by atomic mass is 16.6. The number of benzene rings is 1. The van der Waals surface area contributed by atoms with Crippen LogP contribution in [-0.2, 0) is 10.3 Å². The molecule has 0 spiro atoms. The smallest absolute Gasteiger partial charge is 0.407 e. The van der Waals surface area contributed by atoms with Crippen molar-refractivity contribution in [1.29, 1.82) is 0 Å². The van der Waals surface area contributed by atoms with Crippen molar-refractivity contribution in [2.24, 2.45) is 0 Å². The van der Waals surface area contributed by atoms with E-state index >= 15 is 0 Å². The quantitative estimate of drug-likeness (QED) is 0.731. The summed E-state index contributed by atoms with van der Waals surface area (Å²) < 4.78 is 5.73. The molecule has 0 aliphatic carbocycles. The summed E-state index contributed by atoms with van der Waals surface area (Å²) in [7, 11) is 0. The van der Waals surface area contributed by atoms with Crippen LogP contribution < -0.4 is 0 Å². The van der Waals surface area contributed by atoms with E-state index in [0.29, 0.717) is 13.1 Å². The Balaban J connectivity index is 1.80. The summed E-state index contributed by atoms with van der Waals surface area (Å²) in [5.74, 6) is 0. The SMILES string of the molecule is O=C(O)N1CCC2(c3ccccc3)OC2C1. The molecule has 0 bridgehead atoms. The predicted molar refractivity (Wildman–Crippen MR) is 57.2 cm³/mol. The van der Waals surface area contributed by atoms with Gasteiger partial charge in [0.25, 0.3) is 0 Å². The van der Waals surface area contributed by atoms with Gasteiger partial charge in [0.1, 0.15) is 11.7 Å². The van der Waals surface area contributed by atoms with E-state index in [1.54, 1.807) is 0 Å². The van der Waals surface area contributed by atoms with E-state index in [0.717, 1.165) is 6.42 Å². The van der Waals surface area contributed by atoms with Crippen molar-refractivity contribution in [2.45, 2.75) is 18.1 Å². The van der Waals surface area contributed by atoms with Gasteiger partial charge in [-0.1, -0.05) is 30.3 Å². The molecule has 0 saturated carbocycles. The lowest BCUT2D eigenvalue weighted by Gasteiger charge is -2.26. The zero-order valence-corrected chi connectivity index (χ0v) is 8.80. The number of piperidine rings is 1. The number of likely N-dealkylation sites (tertiary alicyclic amines) is 1. The molecule has 1 aromatic rings. The summed E-state index contributed by atoms with van der Waals surface area (Å²) in [5, 5.41) is 8.90. The summed E-state index contributed by atoms with van der Waals surface area (Å²) in [4.78, 5) is 12.3. The van der Waals surface area contributed by atoms with Crippen LogP contribution in [0, 0.1) is 0 Å². The van der Waals surface area contributed by atoms with Gasteiger partial charge in [-0.15, -0.1) is 0 Å². The maximum Gasteiger partial charge on any atom is 0.407 e. The minimum absolute atomic E-state index is 0.0414. The second-order valence-corrected chi connectivity index (χ2v) is 4.34. The topological polar surface area (TPSA) is 53.1 Å². The van der Waals surface area contributed by atoms with Gasteiger partial charge in [0.15, 0.2) is 0 Å². The number of fused-ring (bicyclic) bond motifs is 1. The molecule has 2 aliphatic rings. The van der Waals surface area contributed by atoms with Crippen LogP contribution in [0.5, 0.6) is 0 Å². The average Bonchev–Trinajstić information content (AvgIpc) is 3.04. The second-order valence-electron chi connectivity index (χ2n) is 4.34. The van der Waals surface area contributed by atoms with Crippen LogP contribution in [0.15, 0.2) is 30.3 Å². The lowest BCUT2D eigenvalue weighted by Crippen LogP contribution is -2.41. The van der Waals surface area contributed by atoms with Crippen molar-refractivity contribution in [3.05, 3.63) is 35.9 Å². The maximum absolute atomic E-state index is 10.8. The van der Waals surface area contributed by atoms with E-state index in [2.05, 4.69) is 12.1 Å². The first-order valence-corrected chi connectivity index (χ1v) is 5.43. The first-order chi connectivity index (χ1) is 7.72. The molecule has 1 amide bonds.